The van der Waals surface area contributed by atoms with Crippen LogP contribution in [0.15, 0.2) is 24.3 Å². The molecule has 1 amide bonds. The van der Waals surface area contributed by atoms with Gasteiger partial charge in [0.05, 0.1) is 18.4 Å². The van der Waals surface area contributed by atoms with Crippen molar-refractivity contribution in [1.82, 2.24) is 4.90 Å². The van der Waals surface area contributed by atoms with Crippen molar-refractivity contribution in [3.05, 3.63) is 35.4 Å². The molecule has 0 N–H and O–H groups in total. The van der Waals surface area contributed by atoms with E-state index in [0.717, 1.165) is 11.1 Å². The number of likely N-dealkylation sites (N-methyl/N-ethyl adjacent to an activating group) is 1. The number of halogens is 1. The first-order chi connectivity index (χ1) is 8.52. The summed E-state index contributed by atoms with van der Waals surface area (Å²) in [5, 5.41) is -0.165. The molecule has 1 rings (SSSR count). The molecule has 3 nitrogen and oxygen atoms in total. The third kappa shape index (κ3) is 5.07. The molecule has 0 fully saturated rings. The van der Waals surface area contributed by atoms with Gasteiger partial charge in [-0.3, -0.25) is 4.79 Å². The predicted molar refractivity (Wildman–Crippen MR) is 74.0 cm³/mol. The van der Waals surface area contributed by atoms with E-state index in [1.165, 1.54) is 0 Å². The number of rotatable bonds is 6. The molecule has 1 unspecified atom stereocenters. The number of hydrogen-bond donors (Lipinski definition) is 0. The van der Waals surface area contributed by atoms with Crippen LogP contribution in [0.2, 0.25) is 0 Å². The van der Waals surface area contributed by atoms with Crippen molar-refractivity contribution in [2.45, 2.75) is 18.7 Å². The van der Waals surface area contributed by atoms with Crippen molar-refractivity contribution in [3.8, 4) is 0 Å². The molecule has 100 valence electrons. The van der Waals surface area contributed by atoms with Crippen molar-refractivity contribution in [2.75, 3.05) is 27.3 Å². The van der Waals surface area contributed by atoms with Gasteiger partial charge in [-0.1, -0.05) is 29.8 Å². The standard InChI is InChI=1S/C14H20ClNO2/c1-11-5-4-6-12(7-11)8-14(17)16(2)9-13(15)10-18-3/h4-7,13H,8-10H2,1-3H3. The number of amides is 1. The van der Waals surface area contributed by atoms with E-state index in [0.29, 0.717) is 19.6 Å². The third-order valence-electron chi connectivity index (χ3n) is 2.68. The van der Waals surface area contributed by atoms with Gasteiger partial charge in [0.1, 0.15) is 0 Å². The highest BCUT2D eigenvalue weighted by molar-refractivity contribution is 6.21. The topological polar surface area (TPSA) is 29.5 Å². The van der Waals surface area contributed by atoms with E-state index >= 15 is 0 Å². The largest absolute Gasteiger partial charge is 0.383 e. The van der Waals surface area contributed by atoms with Crippen molar-refractivity contribution in [1.29, 1.82) is 0 Å². The maximum Gasteiger partial charge on any atom is 0.226 e. The average Bonchev–Trinajstić information content (AvgIpc) is 2.29. The Morgan fingerprint density at radius 1 is 1.50 bits per heavy atom. The Hall–Kier alpha value is -1.06. The summed E-state index contributed by atoms with van der Waals surface area (Å²) in [6.07, 6.45) is 0.411. The van der Waals surface area contributed by atoms with Gasteiger partial charge in [0.15, 0.2) is 0 Å². The van der Waals surface area contributed by atoms with Crippen LogP contribution in [0.4, 0.5) is 0 Å². The third-order valence-corrected chi connectivity index (χ3v) is 2.95. The number of carbonyl (C=O) groups is 1. The Bertz CT molecular complexity index is 395. The lowest BCUT2D eigenvalue weighted by Crippen LogP contribution is -2.34. The average molecular weight is 270 g/mol. The van der Waals surface area contributed by atoms with Crippen LogP contribution in [0.1, 0.15) is 11.1 Å². The first-order valence-corrected chi connectivity index (χ1v) is 6.39. The van der Waals surface area contributed by atoms with Gasteiger partial charge < -0.3 is 9.64 Å². The Kier molecular flexibility index (Phi) is 6.16. The van der Waals surface area contributed by atoms with Crippen LogP contribution < -0.4 is 0 Å². The zero-order valence-corrected chi connectivity index (χ0v) is 11.9. The molecule has 0 aliphatic rings. The van der Waals surface area contributed by atoms with Gasteiger partial charge in [0, 0.05) is 20.7 Å². The Morgan fingerprint density at radius 3 is 2.83 bits per heavy atom. The van der Waals surface area contributed by atoms with Crippen LogP contribution >= 0.6 is 11.6 Å². The molecule has 0 saturated heterocycles. The first-order valence-electron chi connectivity index (χ1n) is 5.95. The van der Waals surface area contributed by atoms with E-state index in [1.807, 2.05) is 31.2 Å². The van der Waals surface area contributed by atoms with Crippen molar-refractivity contribution in [2.24, 2.45) is 0 Å². The quantitative estimate of drug-likeness (QED) is 0.742. The summed E-state index contributed by atoms with van der Waals surface area (Å²) in [7, 11) is 3.37. The molecule has 4 heteroatoms. The Balaban J connectivity index is 2.49. The number of ether oxygens (including phenoxy) is 1. The summed E-state index contributed by atoms with van der Waals surface area (Å²) >= 11 is 6.03. The number of aryl methyl sites for hydroxylation is 1. The molecule has 18 heavy (non-hydrogen) atoms. The highest BCUT2D eigenvalue weighted by Gasteiger charge is 2.14. The van der Waals surface area contributed by atoms with Gasteiger partial charge in [-0.15, -0.1) is 11.6 Å². The maximum absolute atomic E-state index is 12.0. The van der Waals surface area contributed by atoms with Crippen LogP contribution in [0.5, 0.6) is 0 Å². The molecule has 0 aliphatic carbocycles. The number of hydrogen-bond acceptors (Lipinski definition) is 2. The molecular weight excluding hydrogens is 250 g/mol. The van der Waals surface area contributed by atoms with E-state index in [1.54, 1.807) is 19.1 Å². The van der Waals surface area contributed by atoms with E-state index in [-0.39, 0.29) is 11.3 Å². The summed E-state index contributed by atoms with van der Waals surface area (Å²) in [5.74, 6) is 0.0716. The van der Waals surface area contributed by atoms with Gasteiger partial charge in [-0.05, 0) is 12.5 Å². The van der Waals surface area contributed by atoms with E-state index < -0.39 is 0 Å². The molecular formula is C14H20ClNO2. The number of methoxy groups -OCH3 is 1. The summed E-state index contributed by atoms with van der Waals surface area (Å²) in [5.41, 5.74) is 2.20. The van der Waals surface area contributed by atoms with Crippen LogP contribution in [0.3, 0.4) is 0 Å². The second-order valence-corrected chi connectivity index (χ2v) is 5.11. The molecule has 0 radical (unpaired) electrons. The molecule has 0 bridgehead atoms. The lowest BCUT2D eigenvalue weighted by molar-refractivity contribution is -0.129. The summed E-state index contributed by atoms with van der Waals surface area (Å²) < 4.78 is 4.95. The van der Waals surface area contributed by atoms with Crippen LogP contribution in [-0.2, 0) is 16.0 Å². The molecule has 1 aromatic rings. The maximum atomic E-state index is 12.0. The number of carbonyl (C=O) groups excluding carboxylic acids is 1. The minimum Gasteiger partial charge on any atom is -0.383 e. The van der Waals surface area contributed by atoms with Gasteiger partial charge in [-0.2, -0.15) is 0 Å². The van der Waals surface area contributed by atoms with E-state index in [2.05, 4.69) is 0 Å². The molecule has 1 atom stereocenters. The number of nitrogens with zero attached hydrogens (tertiary/aromatic N) is 1. The van der Waals surface area contributed by atoms with Gasteiger partial charge in [0.2, 0.25) is 5.91 Å². The SMILES string of the molecule is COCC(Cl)CN(C)C(=O)Cc1cccc(C)c1. The zero-order chi connectivity index (χ0) is 13.5. The van der Waals surface area contributed by atoms with Gasteiger partial charge >= 0.3 is 0 Å². The molecule has 0 aromatic heterocycles. The summed E-state index contributed by atoms with van der Waals surface area (Å²) in [6.45, 7) is 2.97. The molecule has 0 saturated carbocycles. The fourth-order valence-electron chi connectivity index (χ4n) is 1.76. The van der Waals surface area contributed by atoms with Crippen molar-refractivity contribution >= 4 is 17.5 Å². The van der Waals surface area contributed by atoms with Gasteiger partial charge in [-0.25, -0.2) is 0 Å². The van der Waals surface area contributed by atoms with Crippen LogP contribution in [0, 0.1) is 6.92 Å². The normalized spacial score (nSPS) is 12.2. The molecule has 0 spiro atoms. The Morgan fingerprint density at radius 2 is 2.22 bits per heavy atom. The number of benzene rings is 1. The summed E-state index contributed by atoms with van der Waals surface area (Å²) in [6, 6.07) is 7.98. The minimum absolute atomic E-state index is 0.0716. The van der Waals surface area contributed by atoms with E-state index in [4.69, 9.17) is 16.3 Å². The smallest absolute Gasteiger partial charge is 0.226 e. The predicted octanol–water partition coefficient (Wildman–Crippen LogP) is 2.25. The summed E-state index contributed by atoms with van der Waals surface area (Å²) in [4.78, 5) is 13.6. The molecule has 0 heterocycles. The molecule has 1 aromatic carbocycles. The monoisotopic (exact) mass is 269 g/mol. The van der Waals surface area contributed by atoms with Crippen molar-refractivity contribution in [3.63, 3.8) is 0 Å². The highest BCUT2D eigenvalue weighted by atomic mass is 35.5. The highest BCUT2D eigenvalue weighted by Crippen LogP contribution is 2.07. The fraction of sp³-hybridized carbons (Fsp3) is 0.500. The second kappa shape index (κ2) is 7.39. The van der Waals surface area contributed by atoms with Crippen LogP contribution in [-0.4, -0.2) is 43.5 Å². The second-order valence-electron chi connectivity index (χ2n) is 4.49. The minimum atomic E-state index is -0.165. The number of alkyl halides is 1. The van der Waals surface area contributed by atoms with E-state index in [9.17, 15) is 4.79 Å². The van der Waals surface area contributed by atoms with Crippen molar-refractivity contribution < 1.29 is 9.53 Å². The Labute approximate surface area is 114 Å². The fourth-order valence-corrected chi connectivity index (χ4v) is 2.10. The molecule has 0 aliphatic heterocycles. The van der Waals surface area contributed by atoms with Gasteiger partial charge in [0.25, 0.3) is 0 Å². The van der Waals surface area contributed by atoms with Crippen LogP contribution in [0.25, 0.3) is 0 Å². The zero-order valence-electron chi connectivity index (χ0n) is 11.1. The lowest BCUT2D eigenvalue weighted by Gasteiger charge is -2.20. The lowest BCUT2D eigenvalue weighted by atomic mass is 10.1. The first kappa shape index (κ1) is 15.0.